The maximum absolute atomic E-state index is 11.5. The maximum atomic E-state index is 11.5. The van der Waals surface area contributed by atoms with E-state index in [4.69, 9.17) is 5.11 Å². The summed E-state index contributed by atoms with van der Waals surface area (Å²) in [5.41, 5.74) is 0. The number of aliphatic hydroxyl groups excluding tert-OH is 1. The van der Waals surface area contributed by atoms with Gasteiger partial charge in [0.25, 0.3) is 0 Å². The SMILES string of the molecule is CCCCCCCC(=O)NCCN(CC(=O)O)C(C)O.[H-].[Na+]. The van der Waals surface area contributed by atoms with Crippen molar-refractivity contribution in [1.82, 2.24) is 10.2 Å². The van der Waals surface area contributed by atoms with Crippen molar-refractivity contribution in [1.29, 1.82) is 0 Å². The molecule has 0 aromatic rings. The number of nitrogens with zero attached hydrogens (tertiary/aromatic N) is 1. The Morgan fingerprint density at radius 2 is 1.86 bits per heavy atom. The number of unbranched alkanes of at least 4 members (excludes halogenated alkanes) is 4. The summed E-state index contributed by atoms with van der Waals surface area (Å²) in [4.78, 5) is 23.5. The standard InChI is InChI=1S/C14H28N2O4.Na.H/c1-3-4-5-6-7-8-13(18)15-9-10-16(12(2)17)11-14(19)20;;/h12,17H,3-11H2,1-2H3,(H,15,18)(H,19,20);;/q;+1;-1. The van der Waals surface area contributed by atoms with E-state index in [1.165, 1.54) is 24.7 Å². The van der Waals surface area contributed by atoms with E-state index in [-0.39, 0.29) is 43.4 Å². The summed E-state index contributed by atoms with van der Waals surface area (Å²) in [6.45, 7) is 4.11. The molecule has 21 heavy (non-hydrogen) atoms. The number of aliphatic hydroxyl groups is 1. The van der Waals surface area contributed by atoms with Crippen molar-refractivity contribution in [2.45, 2.75) is 58.6 Å². The number of aliphatic carboxylic acids is 1. The van der Waals surface area contributed by atoms with E-state index in [1.54, 1.807) is 0 Å². The largest absolute Gasteiger partial charge is 1.00 e. The van der Waals surface area contributed by atoms with Gasteiger partial charge in [0.05, 0.1) is 6.54 Å². The van der Waals surface area contributed by atoms with Crippen LogP contribution in [0.15, 0.2) is 0 Å². The van der Waals surface area contributed by atoms with Crippen molar-refractivity contribution in [3.8, 4) is 0 Å². The molecule has 0 spiro atoms. The van der Waals surface area contributed by atoms with Gasteiger partial charge in [-0.1, -0.05) is 32.6 Å². The van der Waals surface area contributed by atoms with E-state index in [1.807, 2.05) is 0 Å². The molecule has 120 valence electrons. The number of hydrogen-bond acceptors (Lipinski definition) is 4. The van der Waals surface area contributed by atoms with Crippen molar-refractivity contribution in [2.75, 3.05) is 19.6 Å². The van der Waals surface area contributed by atoms with Crippen LogP contribution < -0.4 is 34.9 Å². The summed E-state index contributed by atoms with van der Waals surface area (Å²) in [5.74, 6) is -1.00. The molecule has 6 nitrogen and oxygen atoms in total. The predicted molar refractivity (Wildman–Crippen MR) is 78.4 cm³/mol. The van der Waals surface area contributed by atoms with Crippen molar-refractivity contribution >= 4 is 11.9 Å². The average molecular weight is 312 g/mol. The molecule has 0 aromatic heterocycles. The van der Waals surface area contributed by atoms with E-state index in [0.29, 0.717) is 19.5 Å². The van der Waals surface area contributed by atoms with Gasteiger partial charge < -0.3 is 17.0 Å². The number of carbonyl (C=O) groups excluding carboxylic acids is 1. The van der Waals surface area contributed by atoms with Crippen molar-refractivity contribution in [2.24, 2.45) is 0 Å². The van der Waals surface area contributed by atoms with Gasteiger partial charge in [-0.25, -0.2) is 0 Å². The summed E-state index contributed by atoms with van der Waals surface area (Å²) in [7, 11) is 0. The Kier molecular flexibility index (Phi) is 16.3. The number of carbonyl (C=O) groups is 2. The quantitative estimate of drug-likeness (QED) is 0.227. The van der Waals surface area contributed by atoms with Crippen LogP contribution in [0.5, 0.6) is 0 Å². The van der Waals surface area contributed by atoms with Gasteiger partial charge in [-0.05, 0) is 13.3 Å². The van der Waals surface area contributed by atoms with E-state index in [0.717, 1.165) is 19.3 Å². The predicted octanol–water partition coefficient (Wildman–Crippen LogP) is -1.70. The fraction of sp³-hybridized carbons (Fsp3) is 0.857. The third kappa shape index (κ3) is 14.6. The van der Waals surface area contributed by atoms with Crippen molar-refractivity contribution in [3.63, 3.8) is 0 Å². The van der Waals surface area contributed by atoms with Crippen LogP contribution in [-0.2, 0) is 9.59 Å². The average Bonchev–Trinajstić information content (AvgIpc) is 2.36. The van der Waals surface area contributed by atoms with E-state index >= 15 is 0 Å². The molecule has 0 fully saturated rings. The van der Waals surface area contributed by atoms with Gasteiger partial charge in [0, 0.05) is 19.5 Å². The summed E-state index contributed by atoms with van der Waals surface area (Å²) >= 11 is 0. The van der Waals surface area contributed by atoms with Crippen LogP contribution in [0, 0.1) is 0 Å². The van der Waals surface area contributed by atoms with Crippen LogP contribution in [0.2, 0.25) is 0 Å². The maximum Gasteiger partial charge on any atom is 1.00 e. The second-order valence-electron chi connectivity index (χ2n) is 5.01. The van der Waals surface area contributed by atoms with E-state index in [9.17, 15) is 14.7 Å². The number of nitrogens with one attached hydrogen (secondary N) is 1. The van der Waals surface area contributed by atoms with Gasteiger partial charge in [0.1, 0.15) is 6.23 Å². The fourth-order valence-electron chi connectivity index (χ4n) is 1.89. The minimum atomic E-state index is -0.992. The number of carboxylic acid groups (broad SMARTS) is 1. The first-order valence-corrected chi connectivity index (χ1v) is 7.38. The Morgan fingerprint density at radius 3 is 2.38 bits per heavy atom. The summed E-state index contributed by atoms with van der Waals surface area (Å²) in [6.07, 6.45) is 5.19. The van der Waals surface area contributed by atoms with Crippen LogP contribution in [0.25, 0.3) is 0 Å². The Hall–Kier alpha value is -0.140. The van der Waals surface area contributed by atoms with Crippen LogP contribution >= 0.6 is 0 Å². The minimum absolute atomic E-state index is 0. The summed E-state index contributed by atoms with van der Waals surface area (Å²) < 4.78 is 0. The molecule has 7 heteroatoms. The summed E-state index contributed by atoms with van der Waals surface area (Å²) in [5, 5.41) is 20.8. The molecular formula is C14H29N2NaO4. The molecule has 0 saturated heterocycles. The zero-order valence-electron chi connectivity index (χ0n) is 14.6. The van der Waals surface area contributed by atoms with E-state index < -0.39 is 12.2 Å². The number of carboxylic acids is 1. The fourth-order valence-corrected chi connectivity index (χ4v) is 1.89. The van der Waals surface area contributed by atoms with Crippen LogP contribution in [0.4, 0.5) is 0 Å². The van der Waals surface area contributed by atoms with Gasteiger partial charge in [-0.2, -0.15) is 0 Å². The number of amides is 1. The summed E-state index contributed by atoms with van der Waals surface area (Å²) in [6, 6.07) is 0. The monoisotopic (exact) mass is 312 g/mol. The van der Waals surface area contributed by atoms with Crippen molar-refractivity contribution in [3.05, 3.63) is 0 Å². The molecule has 0 radical (unpaired) electrons. The normalized spacial score (nSPS) is 11.8. The second-order valence-corrected chi connectivity index (χ2v) is 5.01. The van der Waals surface area contributed by atoms with Crippen LogP contribution in [0.3, 0.4) is 0 Å². The van der Waals surface area contributed by atoms with Gasteiger partial charge in [0.2, 0.25) is 5.91 Å². The molecule has 0 aliphatic rings. The Balaban J connectivity index is -0.00000180. The van der Waals surface area contributed by atoms with Crippen LogP contribution in [-0.4, -0.2) is 52.9 Å². The zero-order chi connectivity index (χ0) is 15.4. The van der Waals surface area contributed by atoms with Gasteiger partial charge in [-0.3, -0.25) is 14.5 Å². The van der Waals surface area contributed by atoms with E-state index in [2.05, 4.69) is 12.2 Å². The molecule has 0 aromatic carbocycles. The minimum Gasteiger partial charge on any atom is -1.00 e. The van der Waals surface area contributed by atoms with Gasteiger partial charge in [-0.15, -0.1) is 0 Å². The molecule has 0 aliphatic heterocycles. The molecule has 1 atom stereocenters. The van der Waals surface area contributed by atoms with Crippen molar-refractivity contribution < 1.29 is 50.8 Å². The Morgan fingerprint density at radius 1 is 1.24 bits per heavy atom. The Bertz CT molecular complexity index is 294. The molecule has 1 unspecified atom stereocenters. The number of hydrogen-bond donors (Lipinski definition) is 3. The molecule has 0 saturated carbocycles. The molecule has 0 rings (SSSR count). The first-order chi connectivity index (χ1) is 9.47. The molecule has 1 amide bonds. The first kappa shape index (κ1) is 23.1. The topological polar surface area (TPSA) is 89.9 Å². The molecule has 0 aliphatic carbocycles. The second kappa shape index (κ2) is 14.8. The van der Waals surface area contributed by atoms with Gasteiger partial charge >= 0.3 is 35.5 Å². The number of rotatable bonds is 12. The smallest absolute Gasteiger partial charge is 1.00 e. The van der Waals surface area contributed by atoms with Gasteiger partial charge in [0.15, 0.2) is 0 Å². The molecular weight excluding hydrogens is 283 g/mol. The molecule has 0 bridgehead atoms. The third-order valence-electron chi connectivity index (χ3n) is 3.10. The third-order valence-corrected chi connectivity index (χ3v) is 3.10. The molecule has 3 N–H and O–H groups in total. The first-order valence-electron chi connectivity index (χ1n) is 7.38. The Labute approximate surface area is 151 Å². The molecule has 0 heterocycles. The zero-order valence-corrected chi connectivity index (χ0v) is 15.6. The van der Waals surface area contributed by atoms with Crippen LogP contribution in [0.1, 0.15) is 53.8 Å².